The average molecular weight is 298 g/mol. The van der Waals surface area contributed by atoms with E-state index in [1.54, 1.807) is 12.1 Å². The smallest absolute Gasteiger partial charge is 0.335 e. The van der Waals surface area contributed by atoms with Gasteiger partial charge in [-0.3, -0.25) is 4.68 Å². The Morgan fingerprint density at radius 1 is 1.32 bits per heavy atom. The molecule has 0 aliphatic heterocycles. The summed E-state index contributed by atoms with van der Waals surface area (Å²) in [5.74, 6) is -0.151. The molecule has 1 N–H and O–H groups in total. The van der Waals surface area contributed by atoms with Crippen LogP contribution in [0.4, 0.5) is 0 Å². The van der Waals surface area contributed by atoms with Crippen LogP contribution in [0.2, 0.25) is 0 Å². The predicted molar refractivity (Wildman–Crippen MR) is 85.9 cm³/mol. The molecule has 0 saturated heterocycles. The minimum atomic E-state index is -0.881. The first kappa shape index (κ1) is 14.8. The normalized spacial score (nSPS) is 15.9. The monoisotopic (exact) mass is 298 g/mol. The van der Waals surface area contributed by atoms with E-state index in [1.807, 2.05) is 30.1 Å². The molecule has 1 aliphatic carbocycles. The van der Waals surface area contributed by atoms with Crippen LogP contribution in [0.15, 0.2) is 30.6 Å². The first-order valence-corrected chi connectivity index (χ1v) is 8.01. The van der Waals surface area contributed by atoms with Crippen LogP contribution >= 0.6 is 0 Å². The van der Waals surface area contributed by atoms with Gasteiger partial charge in [-0.25, -0.2) is 4.79 Å². The summed E-state index contributed by atoms with van der Waals surface area (Å²) >= 11 is 0. The van der Waals surface area contributed by atoms with Crippen molar-refractivity contribution in [1.82, 2.24) is 9.78 Å². The standard InChI is InChI=1S/C18H22N2O2/c1-13-16(8-5-9-17(13)18(21)22)15-10-19-20(12-15)11-14-6-3-2-4-7-14/h5,8-10,12,14H,2-4,6-7,11H2,1H3,(H,21,22). The van der Waals surface area contributed by atoms with E-state index in [2.05, 4.69) is 5.10 Å². The predicted octanol–water partition coefficient (Wildman–Crippen LogP) is 4.14. The zero-order chi connectivity index (χ0) is 15.5. The Bertz CT molecular complexity index is 669. The van der Waals surface area contributed by atoms with Crippen LogP contribution in [0.25, 0.3) is 11.1 Å². The molecule has 0 unspecified atom stereocenters. The fourth-order valence-electron chi connectivity index (χ4n) is 3.42. The van der Waals surface area contributed by atoms with Crippen molar-refractivity contribution < 1.29 is 9.90 Å². The largest absolute Gasteiger partial charge is 0.478 e. The van der Waals surface area contributed by atoms with Crippen LogP contribution in [0, 0.1) is 12.8 Å². The maximum Gasteiger partial charge on any atom is 0.335 e. The molecule has 0 amide bonds. The third-order valence-electron chi connectivity index (χ3n) is 4.68. The van der Waals surface area contributed by atoms with Crippen molar-refractivity contribution in [3.05, 3.63) is 41.7 Å². The molecule has 22 heavy (non-hydrogen) atoms. The molecule has 1 aliphatic rings. The minimum Gasteiger partial charge on any atom is -0.478 e. The van der Waals surface area contributed by atoms with E-state index >= 15 is 0 Å². The number of nitrogens with zero attached hydrogens (tertiary/aromatic N) is 2. The number of hydrogen-bond acceptors (Lipinski definition) is 2. The fraction of sp³-hybridized carbons (Fsp3) is 0.444. The molecule has 3 rings (SSSR count). The summed E-state index contributed by atoms with van der Waals surface area (Å²) < 4.78 is 2.01. The maximum atomic E-state index is 11.3. The molecule has 2 aromatic rings. The number of aromatic nitrogens is 2. The van der Waals surface area contributed by atoms with Gasteiger partial charge in [0, 0.05) is 18.3 Å². The summed E-state index contributed by atoms with van der Waals surface area (Å²) in [4.78, 5) is 11.3. The lowest BCUT2D eigenvalue weighted by Crippen LogP contribution is -2.14. The third kappa shape index (κ3) is 3.06. The Morgan fingerprint density at radius 3 is 2.82 bits per heavy atom. The van der Waals surface area contributed by atoms with Gasteiger partial charge in [-0.05, 0) is 42.9 Å². The van der Waals surface area contributed by atoms with E-state index in [0.717, 1.165) is 29.2 Å². The molecule has 0 radical (unpaired) electrons. The highest BCUT2D eigenvalue weighted by molar-refractivity contribution is 5.91. The zero-order valence-corrected chi connectivity index (χ0v) is 13.0. The number of carboxylic acids is 1. The van der Waals surface area contributed by atoms with Crippen molar-refractivity contribution in [3.8, 4) is 11.1 Å². The lowest BCUT2D eigenvalue weighted by molar-refractivity contribution is 0.0696. The van der Waals surface area contributed by atoms with Gasteiger partial charge in [0.15, 0.2) is 0 Å². The van der Waals surface area contributed by atoms with Crippen LogP contribution in [-0.2, 0) is 6.54 Å². The van der Waals surface area contributed by atoms with Gasteiger partial charge in [-0.1, -0.05) is 31.4 Å². The van der Waals surface area contributed by atoms with Gasteiger partial charge in [0.1, 0.15) is 0 Å². The Labute approximate surface area is 130 Å². The quantitative estimate of drug-likeness (QED) is 0.923. The Balaban J connectivity index is 1.81. The first-order chi connectivity index (χ1) is 10.6. The van der Waals surface area contributed by atoms with E-state index in [4.69, 9.17) is 0 Å². The van der Waals surface area contributed by atoms with Gasteiger partial charge in [-0.2, -0.15) is 5.10 Å². The summed E-state index contributed by atoms with van der Waals surface area (Å²) in [5, 5.41) is 13.7. The molecule has 116 valence electrons. The summed E-state index contributed by atoms with van der Waals surface area (Å²) in [7, 11) is 0. The molecule has 0 atom stereocenters. The zero-order valence-electron chi connectivity index (χ0n) is 13.0. The fourth-order valence-corrected chi connectivity index (χ4v) is 3.42. The first-order valence-electron chi connectivity index (χ1n) is 8.01. The number of aromatic carboxylic acids is 1. The Kier molecular flexibility index (Phi) is 4.27. The van der Waals surface area contributed by atoms with Crippen molar-refractivity contribution in [2.45, 2.75) is 45.6 Å². The number of carbonyl (C=O) groups is 1. The van der Waals surface area contributed by atoms with E-state index in [9.17, 15) is 9.90 Å². The third-order valence-corrected chi connectivity index (χ3v) is 4.68. The number of benzene rings is 1. The molecular weight excluding hydrogens is 276 g/mol. The molecule has 1 aromatic heterocycles. The van der Waals surface area contributed by atoms with E-state index in [1.165, 1.54) is 32.1 Å². The SMILES string of the molecule is Cc1c(C(=O)O)cccc1-c1cnn(CC2CCCCC2)c1. The highest BCUT2D eigenvalue weighted by atomic mass is 16.4. The average Bonchev–Trinajstić information content (AvgIpc) is 2.96. The van der Waals surface area contributed by atoms with Gasteiger partial charge >= 0.3 is 5.97 Å². The van der Waals surface area contributed by atoms with Crippen LogP contribution < -0.4 is 0 Å². The minimum absolute atomic E-state index is 0.359. The molecular formula is C18H22N2O2. The lowest BCUT2D eigenvalue weighted by Gasteiger charge is -2.21. The number of rotatable bonds is 4. The highest BCUT2D eigenvalue weighted by Crippen LogP contribution is 2.28. The highest BCUT2D eigenvalue weighted by Gasteiger charge is 2.16. The van der Waals surface area contributed by atoms with Crippen molar-refractivity contribution >= 4 is 5.97 Å². The van der Waals surface area contributed by atoms with E-state index in [0.29, 0.717) is 5.56 Å². The second kappa shape index (κ2) is 6.34. The van der Waals surface area contributed by atoms with Gasteiger partial charge in [0.25, 0.3) is 0 Å². The van der Waals surface area contributed by atoms with E-state index < -0.39 is 5.97 Å². The Hall–Kier alpha value is -2.10. The van der Waals surface area contributed by atoms with Crippen molar-refractivity contribution in [1.29, 1.82) is 0 Å². The van der Waals surface area contributed by atoms with Crippen molar-refractivity contribution in [3.63, 3.8) is 0 Å². The molecule has 1 heterocycles. The summed E-state index contributed by atoms with van der Waals surface area (Å²) in [5.41, 5.74) is 3.11. The van der Waals surface area contributed by atoms with Crippen molar-refractivity contribution in [2.24, 2.45) is 5.92 Å². The summed E-state index contributed by atoms with van der Waals surface area (Å²) in [6.07, 6.45) is 10.5. The van der Waals surface area contributed by atoms with E-state index in [-0.39, 0.29) is 0 Å². The van der Waals surface area contributed by atoms with Crippen LogP contribution in [0.5, 0.6) is 0 Å². The lowest BCUT2D eigenvalue weighted by atomic mass is 9.89. The summed E-state index contributed by atoms with van der Waals surface area (Å²) in [6, 6.07) is 5.40. The maximum absolute atomic E-state index is 11.3. The molecule has 1 aromatic carbocycles. The molecule has 4 nitrogen and oxygen atoms in total. The second-order valence-electron chi connectivity index (χ2n) is 6.24. The van der Waals surface area contributed by atoms with Crippen molar-refractivity contribution in [2.75, 3.05) is 0 Å². The number of carboxylic acid groups (broad SMARTS) is 1. The molecule has 4 heteroatoms. The topological polar surface area (TPSA) is 55.1 Å². The molecule has 0 spiro atoms. The van der Waals surface area contributed by atoms with Gasteiger partial charge in [0.05, 0.1) is 11.8 Å². The van der Waals surface area contributed by atoms with Gasteiger partial charge in [-0.15, -0.1) is 0 Å². The molecule has 1 saturated carbocycles. The van der Waals surface area contributed by atoms with Gasteiger partial charge in [0.2, 0.25) is 0 Å². The molecule has 1 fully saturated rings. The summed E-state index contributed by atoms with van der Waals surface area (Å²) in [6.45, 7) is 2.83. The van der Waals surface area contributed by atoms with Crippen LogP contribution in [-0.4, -0.2) is 20.9 Å². The van der Waals surface area contributed by atoms with Crippen LogP contribution in [0.1, 0.15) is 48.0 Å². The number of hydrogen-bond donors (Lipinski definition) is 1. The van der Waals surface area contributed by atoms with Crippen LogP contribution in [0.3, 0.4) is 0 Å². The Morgan fingerprint density at radius 2 is 2.09 bits per heavy atom. The van der Waals surface area contributed by atoms with Gasteiger partial charge < -0.3 is 5.11 Å². The second-order valence-corrected chi connectivity index (χ2v) is 6.24. The molecule has 0 bridgehead atoms.